The first kappa shape index (κ1) is 40.8. The number of imide groups is 1. The summed E-state index contributed by atoms with van der Waals surface area (Å²) in [4.78, 5) is 80.6. The summed E-state index contributed by atoms with van der Waals surface area (Å²) in [6, 6.07) is 20.3. The van der Waals surface area contributed by atoms with Crippen molar-refractivity contribution in [2.24, 2.45) is 0 Å². The normalized spacial score (nSPS) is 23.4. The number of benzene rings is 4. The van der Waals surface area contributed by atoms with E-state index in [0.29, 0.717) is 65.4 Å². The van der Waals surface area contributed by atoms with Crippen LogP contribution in [-0.4, -0.2) is 64.5 Å². The minimum absolute atomic E-state index is 0.111. The quantitative estimate of drug-likeness (QED) is 0.0844. The monoisotopic (exact) mass is 864 g/mol. The van der Waals surface area contributed by atoms with Crippen molar-refractivity contribution in [3.8, 4) is 0 Å². The third kappa shape index (κ3) is 6.87. The Kier molecular flexibility index (Phi) is 10.7. The summed E-state index contributed by atoms with van der Waals surface area (Å²) in [6.45, 7) is 0.786. The van der Waals surface area contributed by atoms with Gasteiger partial charge >= 0.3 is 0 Å². The van der Waals surface area contributed by atoms with E-state index in [1.807, 2.05) is 12.1 Å². The van der Waals surface area contributed by atoms with Crippen LogP contribution in [0.15, 0.2) is 78.9 Å². The maximum Gasteiger partial charge on any atom is 0.255 e. The van der Waals surface area contributed by atoms with Crippen LogP contribution in [0.25, 0.3) is 0 Å². The number of aryl methyl sites for hydroxylation is 1. The molecule has 1 aliphatic carbocycles. The number of hydrogen-bond donors (Lipinski definition) is 5. The van der Waals surface area contributed by atoms with Gasteiger partial charge in [-0.25, -0.2) is 4.39 Å². The Morgan fingerprint density at radius 1 is 0.902 bits per heavy atom. The molecule has 3 fully saturated rings. The summed E-state index contributed by atoms with van der Waals surface area (Å²) < 4.78 is 16.1. The minimum atomic E-state index is -1.33. The van der Waals surface area contributed by atoms with E-state index >= 15 is 4.39 Å². The van der Waals surface area contributed by atoms with Gasteiger partial charge in [0.1, 0.15) is 17.3 Å². The van der Waals surface area contributed by atoms with Crippen LogP contribution in [0.1, 0.15) is 100 Å². The van der Waals surface area contributed by atoms with Crippen LogP contribution in [0, 0.1) is 5.82 Å². The first-order valence-electron chi connectivity index (χ1n) is 20.7. The summed E-state index contributed by atoms with van der Waals surface area (Å²) in [5.74, 6) is -3.65. The molecule has 0 aromatic heterocycles. The number of hydrogen-bond acceptors (Lipinski definition) is 7. The average Bonchev–Trinajstić information content (AvgIpc) is 3.84. The largest absolute Gasteiger partial charge is 0.352 e. The third-order valence-electron chi connectivity index (χ3n) is 13.3. The molecule has 2 saturated heterocycles. The highest BCUT2D eigenvalue weighted by Gasteiger charge is 2.74. The number of unbranched alkanes of at least 4 members (excludes halogenated alkanes) is 2. The van der Waals surface area contributed by atoms with Gasteiger partial charge in [0.05, 0.1) is 11.1 Å². The van der Waals surface area contributed by atoms with E-state index in [2.05, 4.69) is 26.6 Å². The molecule has 1 saturated carbocycles. The number of piperidine rings is 1. The molecule has 9 rings (SSSR count). The van der Waals surface area contributed by atoms with E-state index in [1.54, 1.807) is 65.6 Å². The lowest BCUT2D eigenvalue weighted by atomic mass is 9.53. The Morgan fingerprint density at radius 2 is 1.69 bits per heavy atom. The van der Waals surface area contributed by atoms with Gasteiger partial charge in [-0.05, 0) is 116 Å². The third-order valence-corrected chi connectivity index (χ3v) is 13.8. The second kappa shape index (κ2) is 16.0. The first-order chi connectivity index (χ1) is 29.4. The summed E-state index contributed by atoms with van der Waals surface area (Å²) in [5.41, 5.74) is 2.58. The highest BCUT2D eigenvalue weighted by Crippen LogP contribution is 2.64. The maximum absolute atomic E-state index is 16.1. The highest BCUT2D eigenvalue weighted by atomic mass is 35.5. The van der Waals surface area contributed by atoms with Gasteiger partial charge in [-0.2, -0.15) is 0 Å². The van der Waals surface area contributed by atoms with Gasteiger partial charge in [0, 0.05) is 58.5 Å². The number of nitrogens with one attached hydrogen (secondary N) is 5. The van der Waals surface area contributed by atoms with E-state index in [4.69, 9.17) is 23.2 Å². The lowest BCUT2D eigenvalue weighted by Gasteiger charge is -2.50. The number of carbonyl (C=O) groups is 6. The van der Waals surface area contributed by atoms with Crippen LogP contribution in [0.4, 0.5) is 15.8 Å². The lowest BCUT2D eigenvalue weighted by molar-refractivity contribution is -0.137. The summed E-state index contributed by atoms with van der Waals surface area (Å²) in [6.07, 6.45) is 5.67. The Labute approximate surface area is 361 Å². The molecule has 0 bridgehead atoms. The molecule has 4 aromatic carbocycles. The second-order valence-electron chi connectivity index (χ2n) is 16.6. The van der Waals surface area contributed by atoms with Crippen LogP contribution in [0.2, 0.25) is 10.0 Å². The van der Waals surface area contributed by atoms with Crippen LogP contribution in [0.5, 0.6) is 0 Å². The molecule has 12 nitrogen and oxygen atoms in total. The van der Waals surface area contributed by atoms with Gasteiger partial charge in [-0.15, -0.1) is 0 Å². The molecule has 4 aliphatic heterocycles. The van der Waals surface area contributed by atoms with Crippen molar-refractivity contribution in [1.82, 2.24) is 20.9 Å². The molecule has 4 atom stereocenters. The van der Waals surface area contributed by atoms with Crippen molar-refractivity contribution < 1.29 is 33.2 Å². The Morgan fingerprint density at radius 3 is 2.44 bits per heavy atom. The zero-order valence-corrected chi connectivity index (χ0v) is 34.6. The Hall–Kier alpha value is -5.63. The molecule has 5 N–H and O–H groups in total. The fourth-order valence-corrected chi connectivity index (χ4v) is 10.7. The van der Waals surface area contributed by atoms with Crippen LogP contribution >= 0.6 is 23.2 Å². The molecule has 5 aliphatic rings. The number of rotatable bonds is 11. The molecule has 2 spiro atoms. The second-order valence-corrected chi connectivity index (χ2v) is 17.5. The van der Waals surface area contributed by atoms with Gasteiger partial charge in [0.15, 0.2) is 0 Å². The van der Waals surface area contributed by atoms with Crippen molar-refractivity contribution >= 4 is 70.0 Å². The smallest absolute Gasteiger partial charge is 0.255 e. The van der Waals surface area contributed by atoms with Crippen molar-refractivity contribution in [3.05, 3.63) is 128 Å². The SMILES string of the molecule is O=C1CCC(N2Cc3c(CCCCCNC(=O)c4ccc(NC(=O)[C@@H]5NC6(CCC6)[C@@]6(C(=O)Nc7cc(Cl)ccc76)[C@H]5c5cccc(Cl)c5F)cc4)cccc3C2=O)C(=O)N1. The van der Waals surface area contributed by atoms with Gasteiger partial charge < -0.3 is 20.9 Å². The van der Waals surface area contributed by atoms with Crippen LogP contribution in [-0.2, 0) is 37.6 Å². The van der Waals surface area contributed by atoms with Gasteiger partial charge in [-0.1, -0.05) is 60.0 Å². The van der Waals surface area contributed by atoms with E-state index < -0.39 is 46.6 Å². The van der Waals surface area contributed by atoms with Gasteiger partial charge in [-0.3, -0.25) is 39.4 Å². The number of anilines is 2. The molecule has 0 radical (unpaired) electrons. The van der Waals surface area contributed by atoms with E-state index in [-0.39, 0.29) is 40.6 Å². The highest BCUT2D eigenvalue weighted by molar-refractivity contribution is 6.31. The average molecular weight is 866 g/mol. The first-order valence-corrected chi connectivity index (χ1v) is 21.4. The summed E-state index contributed by atoms with van der Waals surface area (Å²) in [7, 11) is 0. The van der Waals surface area contributed by atoms with E-state index in [1.165, 1.54) is 6.07 Å². The number of halogens is 3. The standard InChI is InChI=1S/C46H43Cl2FN6O6/c47-27-14-17-32-34(23-27)52-44(61)46(32)37(30-10-5-11-33(48)38(30)49)39(54-45(46)20-6-21-45)42(59)51-28-15-12-26(13-16-28)40(57)50-22-3-1-2-7-25-8-4-9-29-31(25)24-55(43(29)60)35-18-19-36(56)53-41(35)58/h4-5,8-17,23,35,37,39,54H,1-3,6-7,18-22,24H2,(H,50,57)(H,51,59)(H,52,61)(H,53,56,58)/t35?,37-,39+,46+/m0/s1. The number of fused-ring (bicyclic) bond motifs is 4. The Balaban J connectivity index is 0.819. The predicted molar refractivity (Wildman–Crippen MR) is 227 cm³/mol. The van der Waals surface area contributed by atoms with Crippen molar-refractivity contribution in [2.75, 3.05) is 17.2 Å². The number of nitrogens with zero attached hydrogens (tertiary/aromatic N) is 1. The topological polar surface area (TPSA) is 166 Å². The number of amides is 6. The summed E-state index contributed by atoms with van der Waals surface area (Å²) in [5, 5.41) is 15.1. The van der Waals surface area contributed by atoms with Crippen molar-refractivity contribution in [3.63, 3.8) is 0 Å². The fraction of sp³-hybridized carbons (Fsp3) is 0.348. The Bertz CT molecular complexity index is 2510. The minimum Gasteiger partial charge on any atom is -0.352 e. The predicted octanol–water partition coefficient (Wildman–Crippen LogP) is 6.54. The summed E-state index contributed by atoms with van der Waals surface area (Å²) >= 11 is 12.7. The molecule has 314 valence electrons. The van der Waals surface area contributed by atoms with E-state index in [0.717, 1.165) is 43.2 Å². The molecule has 6 amide bonds. The zero-order valence-electron chi connectivity index (χ0n) is 33.0. The van der Waals surface area contributed by atoms with Crippen LogP contribution < -0.4 is 26.6 Å². The van der Waals surface area contributed by atoms with Crippen LogP contribution in [0.3, 0.4) is 0 Å². The van der Waals surface area contributed by atoms with Crippen molar-refractivity contribution in [1.29, 1.82) is 0 Å². The number of carbonyl (C=O) groups excluding carboxylic acids is 6. The molecule has 15 heteroatoms. The molecule has 1 unspecified atom stereocenters. The molecular weight excluding hydrogens is 822 g/mol. The zero-order chi connectivity index (χ0) is 42.6. The fourth-order valence-electron chi connectivity index (χ4n) is 10.3. The van der Waals surface area contributed by atoms with Gasteiger partial charge in [0.25, 0.3) is 11.8 Å². The maximum atomic E-state index is 16.1. The molecule has 4 heterocycles. The molecule has 61 heavy (non-hydrogen) atoms. The molecule has 4 aromatic rings. The van der Waals surface area contributed by atoms with Crippen molar-refractivity contribution in [2.45, 2.75) is 93.3 Å². The molecular formula is C46H43Cl2FN6O6. The van der Waals surface area contributed by atoms with E-state index in [9.17, 15) is 28.8 Å². The lowest BCUT2D eigenvalue weighted by Crippen LogP contribution is -2.63. The van der Waals surface area contributed by atoms with Gasteiger partial charge in [0.2, 0.25) is 23.6 Å².